The fourth-order valence-corrected chi connectivity index (χ4v) is 3.24. The van der Waals surface area contributed by atoms with E-state index < -0.39 is 0 Å². The van der Waals surface area contributed by atoms with Gasteiger partial charge in [0.25, 0.3) is 0 Å². The van der Waals surface area contributed by atoms with Crippen LogP contribution in [0.1, 0.15) is 12.8 Å². The Hall–Kier alpha value is -0.980. The maximum atomic E-state index is 8.56. The second-order valence-electron chi connectivity index (χ2n) is 4.49. The number of nitriles is 1. The lowest BCUT2D eigenvalue weighted by Gasteiger charge is -2.13. The molecule has 3 heteroatoms. The van der Waals surface area contributed by atoms with E-state index in [4.69, 9.17) is 5.26 Å². The molecule has 1 fully saturated rings. The summed E-state index contributed by atoms with van der Waals surface area (Å²) in [5.74, 6) is 1.99. The van der Waals surface area contributed by atoms with Gasteiger partial charge in [-0.05, 0) is 31.0 Å². The van der Waals surface area contributed by atoms with Gasteiger partial charge in [-0.3, -0.25) is 0 Å². The van der Waals surface area contributed by atoms with Crippen LogP contribution in [0, 0.1) is 17.2 Å². The zero-order valence-corrected chi connectivity index (χ0v) is 10.8. The lowest BCUT2D eigenvalue weighted by Crippen LogP contribution is -2.22. The molecule has 90 valence electrons. The normalized spacial score (nSPS) is 20.3. The molecule has 0 amide bonds. The minimum Gasteiger partial charge on any atom is -0.302 e. The largest absolute Gasteiger partial charge is 0.302 e. The Bertz CT molecular complexity index is 372. The molecule has 1 atom stereocenters. The summed E-state index contributed by atoms with van der Waals surface area (Å²) in [7, 11) is 0. The molecule has 0 bridgehead atoms. The number of thioether (sulfide) groups is 1. The van der Waals surface area contributed by atoms with E-state index in [2.05, 4.69) is 41.3 Å². The van der Waals surface area contributed by atoms with Gasteiger partial charge in [-0.25, -0.2) is 0 Å². The first-order valence-electron chi connectivity index (χ1n) is 6.15. The summed E-state index contributed by atoms with van der Waals surface area (Å²) in [5, 5.41) is 8.56. The number of hydrogen-bond acceptors (Lipinski definition) is 3. The van der Waals surface area contributed by atoms with Gasteiger partial charge < -0.3 is 4.90 Å². The maximum absolute atomic E-state index is 8.56. The number of nitrogens with zero attached hydrogens (tertiary/aromatic N) is 2. The molecule has 2 rings (SSSR count). The second kappa shape index (κ2) is 6.68. The minimum atomic E-state index is 0.665. The lowest BCUT2D eigenvalue weighted by atomic mass is 10.2. The van der Waals surface area contributed by atoms with Crippen LogP contribution in [-0.2, 0) is 0 Å². The van der Waals surface area contributed by atoms with E-state index in [9.17, 15) is 0 Å². The van der Waals surface area contributed by atoms with Crippen molar-refractivity contribution in [3.05, 3.63) is 30.3 Å². The summed E-state index contributed by atoms with van der Waals surface area (Å²) in [6.07, 6.45) is 1.95. The number of hydrogen-bond donors (Lipinski definition) is 0. The van der Waals surface area contributed by atoms with E-state index in [0.29, 0.717) is 6.42 Å². The molecule has 2 nitrogen and oxygen atoms in total. The molecule has 0 saturated carbocycles. The Balaban J connectivity index is 1.70. The molecule has 0 radical (unpaired) electrons. The van der Waals surface area contributed by atoms with Crippen LogP contribution in [0.4, 0.5) is 0 Å². The van der Waals surface area contributed by atoms with E-state index >= 15 is 0 Å². The highest BCUT2D eigenvalue weighted by atomic mass is 32.2. The van der Waals surface area contributed by atoms with E-state index in [1.807, 2.05) is 11.8 Å². The first kappa shape index (κ1) is 12.5. The highest BCUT2D eigenvalue weighted by Crippen LogP contribution is 2.25. The average Bonchev–Trinajstić information content (AvgIpc) is 2.83. The van der Waals surface area contributed by atoms with Crippen molar-refractivity contribution in [1.82, 2.24) is 4.90 Å². The SMILES string of the molecule is N#CCCN1CC[C@@H](CSc2ccccc2)C1. The molecule has 1 aliphatic rings. The summed E-state index contributed by atoms with van der Waals surface area (Å²) in [6.45, 7) is 3.28. The average molecular weight is 246 g/mol. The van der Waals surface area contributed by atoms with E-state index in [-0.39, 0.29) is 0 Å². The summed E-state index contributed by atoms with van der Waals surface area (Å²) < 4.78 is 0. The van der Waals surface area contributed by atoms with Gasteiger partial charge in [-0.15, -0.1) is 11.8 Å². The monoisotopic (exact) mass is 246 g/mol. The fourth-order valence-electron chi connectivity index (χ4n) is 2.19. The zero-order chi connectivity index (χ0) is 11.9. The minimum absolute atomic E-state index is 0.665. The van der Waals surface area contributed by atoms with Crippen molar-refractivity contribution in [2.24, 2.45) is 5.92 Å². The summed E-state index contributed by atoms with van der Waals surface area (Å²) in [4.78, 5) is 3.78. The van der Waals surface area contributed by atoms with Crippen molar-refractivity contribution >= 4 is 11.8 Å². The molecule has 0 spiro atoms. The Morgan fingerprint density at radius 1 is 1.35 bits per heavy atom. The van der Waals surface area contributed by atoms with Crippen LogP contribution in [0.2, 0.25) is 0 Å². The van der Waals surface area contributed by atoms with E-state index in [1.165, 1.54) is 30.2 Å². The molecule has 1 heterocycles. The predicted octanol–water partition coefficient (Wildman–Crippen LogP) is 3.01. The van der Waals surface area contributed by atoms with Crippen molar-refractivity contribution in [3.8, 4) is 6.07 Å². The Morgan fingerprint density at radius 2 is 2.18 bits per heavy atom. The number of benzene rings is 1. The standard InChI is InChI=1S/C14H18N2S/c15-8-4-9-16-10-7-13(11-16)12-17-14-5-2-1-3-6-14/h1-3,5-6,13H,4,7,9-12H2/t13-/m1/s1. The van der Waals surface area contributed by atoms with Gasteiger partial charge in [-0.2, -0.15) is 5.26 Å². The fraction of sp³-hybridized carbons (Fsp3) is 0.500. The Labute approximate surface area is 108 Å². The zero-order valence-electron chi connectivity index (χ0n) is 10.0. The van der Waals surface area contributed by atoms with Crippen LogP contribution >= 0.6 is 11.8 Å². The van der Waals surface area contributed by atoms with Gasteiger partial charge in [0.15, 0.2) is 0 Å². The van der Waals surface area contributed by atoms with Crippen molar-refractivity contribution in [2.45, 2.75) is 17.7 Å². The van der Waals surface area contributed by atoms with Gasteiger partial charge in [-0.1, -0.05) is 18.2 Å². The van der Waals surface area contributed by atoms with Gasteiger partial charge in [0.1, 0.15) is 0 Å². The van der Waals surface area contributed by atoms with Crippen LogP contribution in [0.3, 0.4) is 0 Å². The smallest absolute Gasteiger partial charge is 0.0635 e. The Kier molecular flexibility index (Phi) is 4.90. The first-order valence-corrected chi connectivity index (χ1v) is 7.14. The molecule has 1 aromatic rings. The topological polar surface area (TPSA) is 27.0 Å². The van der Waals surface area contributed by atoms with Crippen LogP contribution < -0.4 is 0 Å². The lowest BCUT2D eigenvalue weighted by molar-refractivity contribution is 0.337. The highest BCUT2D eigenvalue weighted by Gasteiger charge is 2.21. The third-order valence-corrected chi connectivity index (χ3v) is 4.38. The molecular formula is C14H18N2S. The first-order chi connectivity index (χ1) is 8.38. The van der Waals surface area contributed by atoms with Crippen molar-refractivity contribution < 1.29 is 0 Å². The van der Waals surface area contributed by atoms with Crippen molar-refractivity contribution in [1.29, 1.82) is 5.26 Å². The molecule has 0 N–H and O–H groups in total. The molecular weight excluding hydrogens is 228 g/mol. The predicted molar refractivity (Wildman–Crippen MR) is 71.9 cm³/mol. The molecule has 0 aromatic heterocycles. The molecule has 0 aliphatic carbocycles. The number of rotatable bonds is 5. The second-order valence-corrected chi connectivity index (χ2v) is 5.58. The van der Waals surface area contributed by atoms with Gasteiger partial charge in [0.2, 0.25) is 0 Å². The van der Waals surface area contributed by atoms with Gasteiger partial charge >= 0.3 is 0 Å². The van der Waals surface area contributed by atoms with Crippen LogP contribution in [-0.4, -0.2) is 30.3 Å². The quantitative estimate of drug-likeness (QED) is 0.747. The van der Waals surface area contributed by atoms with Crippen molar-refractivity contribution in [2.75, 3.05) is 25.4 Å². The van der Waals surface area contributed by atoms with Crippen LogP contribution in [0.15, 0.2) is 35.2 Å². The maximum Gasteiger partial charge on any atom is 0.0635 e. The summed E-state index contributed by atoms with van der Waals surface area (Å²) in [5.41, 5.74) is 0. The molecule has 1 aliphatic heterocycles. The third kappa shape index (κ3) is 4.07. The van der Waals surface area contributed by atoms with Gasteiger partial charge in [0.05, 0.1) is 6.07 Å². The Morgan fingerprint density at radius 3 is 2.94 bits per heavy atom. The highest BCUT2D eigenvalue weighted by molar-refractivity contribution is 7.99. The molecule has 1 saturated heterocycles. The third-order valence-electron chi connectivity index (χ3n) is 3.14. The van der Waals surface area contributed by atoms with Gasteiger partial charge in [0, 0.05) is 30.2 Å². The van der Waals surface area contributed by atoms with E-state index in [1.54, 1.807) is 0 Å². The summed E-state index contributed by atoms with van der Waals surface area (Å²) in [6, 6.07) is 12.8. The molecule has 0 unspecified atom stereocenters. The summed E-state index contributed by atoms with van der Waals surface area (Å²) >= 11 is 1.95. The number of likely N-dealkylation sites (tertiary alicyclic amines) is 1. The molecule has 1 aromatic carbocycles. The van der Waals surface area contributed by atoms with Crippen molar-refractivity contribution in [3.63, 3.8) is 0 Å². The molecule has 17 heavy (non-hydrogen) atoms. The van der Waals surface area contributed by atoms with E-state index in [0.717, 1.165) is 12.5 Å². The van der Waals surface area contributed by atoms with Crippen LogP contribution in [0.25, 0.3) is 0 Å². The van der Waals surface area contributed by atoms with Crippen LogP contribution in [0.5, 0.6) is 0 Å².